The average molecular weight is 268 g/mol. The van der Waals surface area contributed by atoms with Crippen LogP contribution in [-0.4, -0.2) is 31.9 Å². The molecule has 1 N–H and O–H groups in total. The van der Waals surface area contributed by atoms with Gasteiger partial charge in [0, 0.05) is 36.5 Å². The van der Waals surface area contributed by atoms with Gasteiger partial charge in [0.1, 0.15) is 0 Å². The van der Waals surface area contributed by atoms with Gasteiger partial charge in [-0.2, -0.15) is 0 Å². The number of nitrogens with zero attached hydrogens (tertiary/aromatic N) is 1. The van der Waals surface area contributed by atoms with E-state index in [-0.39, 0.29) is 6.61 Å². The molecule has 2 rings (SSSR count). The van der Waals surface area contributed by atoms with E-state index in [0.29, 0.717) is 11.6 Å². The van der Waals surface area contributed by atoms with E-state index in [1.54, 1.807) is 7.11 Å². The van der Waals surface area contributed by atoms with Crippen molar-refractivity contribution in [1.82, 2.24) is 0 Å². The van der Waals surface area contributed by atoms with Crippen LogP contribution in [0, 0.1) is 0 Å². The van der Waals surface area contributed by atoms with Crippen molar-refractivity contribution in [3.63, 3.8) is 0 Å². The summed E-state index contributed by atoms with van der Waals surface area (Å²) in [6.07, 6.45) is 3.20. The largest absolute Gasteiger partial charge is 0.392 e. The first kappa shape index (κ1) is 13.4. The molecule has 1 aromatic carbocycles. The molecule has 0 unspecified atom stereocenters. The van der Waals surface area contributed by atoms with Crippen LogP contribution in [0.2, 0.25) is 5.02 Å². The van der Waals surface area contributed by atoms with Gasteiger partial charge in [-0.25, -0.2) is 0 Å². The van der Waals surface area contributed by atoms with Crippen molar-refractivity contribution in [2.75, 3.05) is 31.7 Å². The number of hydrogen-bond donors (Lipinski definition) is 1. The minimum atomic E-state index is 0.0149. The molecule has 0 amide bonds. The predicted molar refractivity (Wildman–Crippen MR) is 74.2 cm³/mol. The van der Waals surface area contributed by atoms with E-state index in [9.17, 15) is 5.11 Å². The van der Waals surface area contributed by atoms with Gasteiger partial charge in [-0.05, 0) is 30.2 Å². The highest BCUT2D eigenvalue weighted by Crippen LogP contribution is 2.26. The standard InChI is InChI=1S/C14H18ClNO2/c1-18-10-11-4-6-16(7-5-11)14-3-2-13(15)8-12(14)9-17/h2-4,8,17H,5-7,9-10H2,1H3. The lowest BCUT2D eigenvalue weighted by molar-refractivity contribution is 0.222. The number of aliphatic hydroxyl groups is 1. The van der Waals surface area contributed by atoms with Crippen molar-refractivity contribution in [2.24, 2.45) is 0 Å². The van der Waals surface area contributed by atoms with Gasteiger partial charge < -0.3 is 14.7 Å². The second kappa shape index (κ2) is 6.23. The van der Waals surface area contributed by atoms with Crippen molar-refractivity contribution in [3.8, 4) is 0 Å². The summed E-state index contributed by atoms with van der Waals surface area (Å²) in [6.45, 7) is 2.53. The second-order valence-electron chi connectivity index (χ2n) is 4.42. The van der Waals surface area contributed by atoms with Crippen molar-refractivity contribution >= 4 is 17.3 Å². The van der Waals surface area contributed by atoms with Crippen LogP contribution in [0.15, 0.2) is 29.8 Å². The predicted octanol–water partition coefficient (Wildman–Crippen LogP) is 2.62. The van der Waals surface area contributed by atoms with E-state index in [0.717, 1.165) is 30.8 Å². The highest BCUT2D eigenvalue weighted by Gasteiger charge is 2.15. The van der Waals surface area contributed by atoms with Crippen LogP contribution < -0.4 is 4.90 Å². The second-order valence-corrected chi connectivity index (χ2v) is 4.86. The van der Waals surface area contributed by atoms with Crippen molar-refractivity contribution < 1.29 is 9.84 Å². The summed E-state index contributed by atoms with van der Waals surface area (Å²) in [7, 11) is 1.72. The van der Waals surface area contributed by atoms with E-state index in [1.807, 2.05) is 18.2 Å². The first-order valence-corrected chi connectivity index (χ1v) is 6.43. The molecule has 3 nitrogen and oxygen atoms in total. The third kappa shape index (κ3) is 3.05. The van der Waals surface area contributed by atoms with Gasteiger partial charge in [0.05, 0.1) is 13.2 Å². The lowest BCUT2D eigenvalue weighted by Gasteiger charge is -2.30. The zero-order valence-corrected chi connectivity index (χ0v) is 11.3. The zero-order valence-electron chi connectivity index (χ0n) is 10.5. The Balaban J connectivity index is 2.14. The van der Waals surface area contributed by atoms with Crippen LogP contribution in [0.5, 0.6) is 0 Å². The molecule has 0 saturated carbocycles. The summed E-state index contributed by atoms with van der Waals surface area (Å²) in [5, 5.41) is 10.1. The maximum Gasteiger partial charge on any atom is 0.0702 e. The molecular weight excluding hydrogens is 250 g/mol. The molecule has 4 heteroatoms. The maximum absolute atomic E-state index is 9.39. The average Bonchev–Trinajstić information content (AvgIpc) is 2.40. The molecule has 0 aliphatic carbocycles. The molecule has 1 aliphatic rings. The lowest BCUT2D eigenvalue weighted by atomic mass is 10.1. The third-order valence-electron chi connectivity index (χ3n) is 3.19. The summed E-state index contributed by atoms with van der Waals surface area (Å²) in [6, 6.07) is 5.67. The van der Waals surface area contributed by atoms with Gasteiger partial charge in [-0.15, -0.1) is 0 Å². The Kier molecular flexibility index (Phi) is 4.64. The molecule has 0 bridgehead atoms. The van der Waals surface area contributed by atoms with Gasteiger partial charge in [-0.1, -0.05) is 17.7 Å². The molecular formula is C14H18ClNO2. The van der Waals surface area contributed by atoms with Gasteiger partial charge in [0.15, 0.2) is 0 Å². The molecule has 18 heavy (non-hydrogen) atoms. The number of methoxy groups -OCH3 is 1. The Hall–Kier alpha value is -1.03. The number of aliphatic hydroxyl groups excluding tert-OH is 1. The topological polar surface area (TPSA) is 32.7 Å². The molecule has 1 heterocycles. The lowest BCUT2D eigenvalue weighted by Crippen LogP contribution is -2.30. The highest BCUT2D eigenvalue weighted by molar-refractivity contribution is 6.30. The van der Waals surface area contributed by atoms with Gasteiger partial charge >= 0.3 is 0 Å². The molecule has 0 saturated heterocycles. The van der Waals surface area contributed by atoms with Crippen LogP contribution in [0.3, 0.4) is 0 Å². The Morgan fingerprint density at radius 3 is 2.89 bits per heavy atom. The molecule has 1 aliphatic heterocycles. The number of halogens is 1. The Morgan fingerprint density at radius 2 is 2.28 bits per heavy atom. The van der Waals surface area contributed by atoms with Crippen LogP contribution in [0.1, 0.15) is 12.0 Å². The SMILES string of the molecule is COCC1=CCN(c2ccc(Cl)cc2CO)CC1. The fraction of sp³-hybridized carbons (Fsp3) is 0.429. The van der Waals surface area contributed by atoms with Crippen molar-refractivity contribution in [2.45, 2.75) is 13.0 Å². The van der Waals surface area contributed by atoms with Gasteiger partial charge in [-0.3, -0.25) is 0 Å². The smallest absolute Gasteiger partial charge is 0.0702 e. The minimum absolute atomic E-state index is 0.0149. The van der Waals surface area contributed by atoms with Crippen LogP contribution >= 0.6 is 11.6 Å². The van der Waals surface area contributed by atoms with Crippen LogP contribution in [0.4, 0.5) is 5.69 Å². The van der Waals surface area contributed by atoms with Gasteiger partial charge in [0.2, 0.25) is 0 Å². The Labute approximate surface area is 113 Å². The fourth-order valence-corrected chi connectivity index (χ4v) is 2.43. The third-order valence-corrected chi connectivity index (χ3v) is 3.42. The first-order chi connectivity index (χ1) is 8.74. The minimum Gasteiger partial charge on any atom is -0.392 e. The number of rotatable bonds is 4. The number of benzene rings is 1. The normalized spacial score (nSPS) is 15.7. The van der Waals surface area contributed by atoms with Crippen molar-refractivity contribution in [3.05, 3.63) is 40.4 Å². The van der Waals surface area contributed by atoms with E-state index >= 15 is 0 Å². The maximum atomic E-state index is 9.39. The molecule has 1 aromatic rings. The van der Waals surface area contributed by atoms with E-state index in [1.165, 1.54) is 5.57 Å². The molecule has 0 fully saturated rings. The Morgan fingerprint density at radius 1 is 1.44 bits per heavy atom. The first-order valence-electron chi connectivity index (χ1n) is 6.05. The molecule has 98 valence electrons. The van der Waals surface area contributed by atoms with Crippen LogP contribution in [0.25, 0.3) is 0 Å². The molecule has 0 spiro atoms. The van der Waals surface area contributed by atoms with Gasteiger partial charge in [0.25, 0.3) is 0 Å². The fourth-order valence-electron chi connectivity index (χ4n) is 2.24. The number of anilines is 1. The molecule has 0 atom stereocenters. The number of ether oxygens (including phenoxy) is 1. The zero-order chi connectivity index (χ0) is 13.0. The molecule has 0 radical (unpaired) electrons. The highest BCUT2D eigenvalue weighted by atomic mass is 35.5. The Bertz CT molecular complexity index is 445. The van der Waals surface area contributed by atoms with E-state index < -0.39 is 0 Å². The quantitative estimate of drug-likeness (QED) is 0.852. The number of hydrogen-bond acceptors (Lipinski definition) is 3. The van der Waals surface area contributed by atoms with E-state index in [2.05, 4.69) is 11.0 Å². The summed E-state index contributed by atoms with van der Waals surface area (Å²) < 4.78 is 5.14. The summed E-state index contributed by atoms with van der Waals surface area (Å²) in [5.41, 5.74) is 3.29. The van der Waals surface area contributed by atoms with E-state index in [4.69, 9.17) is 16.3 Å². The van der Waals surface area contributed by atoms with Crippen LogP contribution in [-0.2, 0) is 11.3 Å². The monoisotopic (exact) mass is 267 g/mol. The summed E-state index contributed by atoms with van der Waals surface area (Å²) >= 11 is 5.94. The summed E-state index contributed by atoms with van der Waals surface area (Å²) in [5.74, 6) is 0. The molecule has 0 aromatic heterocycles. The summed E-state index contributed by atoms with van der Waals surface area (Å²) in [4.78, 5) is 2.25. The van der Waals surface area contributed by atoms with Crippen molar-refractivity contribution in [1.29, 1.82) is 0 Å².